The highest BCUT2D eigenvalue weighted by molar-refractivity contribution is 7.89. The highest BCUT2D eigenvalue weighted by Gasteiger charge is 2.44. The summed E-state index contributed by atoms with van der Waals surface area (Å²) < 4.78 is 44.9. The third kappa shape index (κ3) is 7.40. The van der Waals surface area contributed by atoms with Crippen LogP contribution in [0.4, 0.5) is 10.5 Å². The van der Waals surface area contributed by atoms with Crippen LogP contribution in [0, 0.1) is 16.7 Å². The topological polar surface area (TPSA) is 144 Å². The molecule has 212 valence electrons. The minimum Gasteiger partial charge on any atom is -0.443 e. The summed E-state index contributed by atoms with van der Waals surface area (Å²) >= 11 is 0. The normalized spacial score (nSPS) is 22.4. The first-order valence-electron chi connectivity index (χ1n) is 13.0. The summed E-state index contributed by atoms with van der Waals surface area (Å²) in [6, 6.07) is 13.7. The van der Waals surface area contributed by atoms with Crippen molar-refractivity contribution in [2.24, 2.45) is 17.0 Å². The monoisotopic (exact) mass is 561 g/mol. The molecule has 0 radical (unpaired) electrons. The van der Waals surface area contributed by atoms with Crippen LogP contribution >= 0.6 is 0 Å². The molecule has 1 amide bonds. The number of carbonyl (C=O) groups excluding carboxylic acids is 1. The lowest BCUT2D eigenvalue weighted by atomic mass is 10.0. The van der Waals surface area contributed by atoms with E-state index in [0.717, 1.165) is 12.0 Å². The molecule has 2 fully saturated rings. The summed E-state index contributed by atoms with van der Waals surface area (Å²) in [6.07, 6.45) is -1.84. The van der Waals surface area contributed by atoms with Gasteiger partial charge >= 0.3 is 6.09 Å². The summed E-state index contributed by atoms with van der Waals surface area (Å²) in [6.45, 7) is 4.38. The molecule has 4 rings (SSSR count). The van der Waals surface area contributed by atoms with Gasteiger partial charge in [0.1, 0.15) is 11.8 Å². The van der Waals surface area contributed by atoms with Gasteiger partial charge in [0.05, 0.1) is 36.2 Å². The summed E-state index contributed by atoms with van der Waals surface area (Å²) in [4.78, 5) is 23.7. The van der Waals surface area contributed by atoms with Crippen molar-refractivity contribution in [1.29, 1.82) is 0 Å². The molecule has 5 atom stereocenters. The van der Waals surface area contributed by atoms with Gasteiger partial charge in [-0.1, -0.05) is 44.2 Å². The first kappa shape index (κ1) is 29.1. The highest BCUT2D eigenvalue weighted by Crippen LogP contribution is 2.33. The summed E-state index contributed by atoms with van der Waals surface area (Å²) in [5.41, 5.74) is 0.962. The SMILES string of the molecule is CC(C)CN(C[C@@H](O)[C@H](Cc1ccccc1)NC(=O)O[C@H]1COC2OCC[C@H]21)S(=O)(=O)c1ccc(N=O)cc1. The van der Waals surface area contributed by atoms with Crippen LogP contribution in [0.25, 0.3) is 0 Å². The van der Waals surface area contributed by atoms with Gasteiger partial charge in [-0.05, 0) is 53.8 Å². The number of hydrogen-bond acceptors (Lipinski definition) is 9. The van der Waals surface area contributed by atoms with Gasteiger partial charge in [0.25, 0.3) is 0 Å². The number of amides is 1. The highest BCUT2D eigenvalue weighted by atomic mass is 32.2. The van der Waals surface area contributed by atoms with E-state index in [4.69, 9.17) is 14.2 Å². The van der Waals surface area contributed by atoms with Crippen molar-refractivity contribution in [2.45, 2.75) is 56.1 Å². The second-order valence-electron chi connectivity index (χ2n) is 10.3. The molecule has 12 heteroatoms. The van der Waals surface area contributed by atoms with Crippen LogP contribution in [0.2, 0.25) is 0 Å². The van der Waals surface area contributed by atoms with Crippen LogP contribution in [0.1, 0.15) is 25.8 Å². The number of nitroso groups, excluding NO2 is 1. The molecule has 2 aromatic rings. The number of nitrogens with zero attached hydrogens (tertiary/aromatic N) is 2. The Kier molecular flexibility index (Phi) is 9.67. The van der Waals surface area contributed by atoms with E-state index in [1.165, 1.54) is 28.6 Å². The Morgan fingerprint density at radius 3 is 2.51 bits per heavy atom. The van der Waals surface area contributed by atoms with Gasteiger partial charge in [-0.3, -0.25) is 0 Å². The third-order valence-corrected chi connectivity index (χ3v) is 8.69. The molecule has 2 aromatic carbocycles. The molecule has 2 N–H and O–H groups in total. The predicted octanol–water partition coefficient (Wildman–Crippen LogP) is 3.19. The van der Waals surface area contributed by atoms with Crippen LogP contribution in [-0.2, 0) is 30.7 Å². The fourth-order valence-corrected chi connectivity index (χ4v) is 6.49. The molecule has 1 unspecified atom stereocenters. The second-order valence-corrected chi connectivity index (χ2v) is 12.2. The van der Waals surface area contributed by atoms with E-state index in [1.54, 1.807) is 0 Å². The lowest BCUT2D eigenvalue weighted by molar-refractivity contribution is -0.0907. The van der Waals surface area contributed by atoms with Gasteiger partial charge in [-0.25, -0.2) is 13.2 Å². The minimum atomic E-state index is -4.02. The Morgan fingerprint density at radius 2 is 1.85 bits per heavy atom. The van der Waals surface area contributed by atoms with E-state index in [1.807, 2.05) is 44.2 Å². The zero-order valence-electron chi connectivity index (χ0n) is 22.0. The zero-order valence-corrected chi connectivity index (χ0v) is 22.8. The molecule has 2 saturated heterocycles. The number of hydrogen-bond donors (Lipinski definition) is 2. The maximum absolute atomic E-state index is 13.5. The molecule has 39 heavy (non-hydrogen) atoms. The fraction of sp³-hybridized carbons (Fsp3) is 0.519. The maximum atomic E-state index is 13.5. The predicted molar refractivity (Wildman–Crippen MR) is 143 cm³/mol. The van der Waals surface area contributed by atoms with Crippen LogP contribution in [0.15, 0.2) is 64.7 Å². The van der Waals surface area contributed by atoms with E-state index < -0.39 is 34.4 Å². The molecular formula is C27H35N3O8S. The smallest absolute Gasteiger partial charge is 0.407 e. The molecule has 2 aliphatic heterocycles. The van der Waals surface area contributed by atoms with Crippen molar-refractivity contribution in [3.8, 4) is 0 Å². The molecule has 2 aliphatic rings. The Hall–Kier alpha value is -2.90. The van der Waals surface area contributed by atoms with Crippen molar-refractivity contribution < 1.29 is 32.5 Å². The number of ether oxygens (including phenoxy) is 3. The number of fused-ring (bicyclic) bond motifs is 1. The van der Waals surface area contributed by atoms with Crippen molar-refractivity contribution >= 4 is 21.8 Å². The van der Waals surface area contributed by atoms with E-state index in [2.05, 4.69) is 10.5 Å². The molecular weight excluding hydrogens is 526 g/mol. The van der Waals surface area contributed by atoms with Crippen LogP contribution < -0.4 is 5.32 Å². The van der Waals surface area contributed by atoms with E-state index in [0.29, 0.717) is 6.61 Å². The molecule has 2 heterocycles. The summed E-state index contributed by atoms with van der Waals surface area (Å²) in [5.74, 6) is -0.0851. The Morgan fingerprint density at radius 1 is 1.13 bits per heavy atom. The van der Waals surface area contributed by atoms with Crippen molar-refractivity contribution in [1.82, 2.24) is 9.62 Å². The Bertz CT molecular complexity index is 1210. The number of aliphatic hydroxyl groups is 1. The fourth-order valence-electron chi connectivity index (χ4n) is 4.86. The molecule has 0 spiro atoms. The van der Waals surface area contributed by atoms with Crippen molar-refractivity contribution in [3.63, 3.8) is 0 Å². The number of alkyl carbamates (subject to hydrolysis) is 1. The standard InChI is InChI=1S/C27H35N3O8S/c1-18(2)15-30(39(34,35)21-10-8-20(29-33)9-11-21)16-24(31)23(14-19-6-4-3-5-7-19)28-27(32)38-25-17-37-26-22(25)12-13-36-26/h3-11,18,22-26,31H,12-17H2,1-2H3,(H,28,32)/t22-,23-,24+,25-,26?/m0/s1. The van der Waals surface area contributed by atoms with Crippen molar-refractivity contribution in [3.05, 3.63) is 65.1 Å². The van der Waals surface area contributed by atoms with Gasteiger partial charge < -0.3 is 24.6 Å². The summed E-state index contributed by atoms with van der Waals surface area (Å²) in [5, 5.41) is 16.9. The zero-order chi connectivity index (χ0) is 28.0. The quantitative estimate of drug-likeness (QED) is 0.376. The van der Waals surface area contributed by atoms with Crippen molar-refractivity contribution in [2.75, 3.05) is 26.3 Å². The first-order chi connectivity index (χ1) is 18.7. The lowest BCUT2D eigenvalue weighted by Crippen LogP contribution is -2.51. The van der Waals surface area contributed by atoms with Gasteiger partial charge in [-0.2, -0.15) is 4.31 Å². The molecule has 0 bridgehead atoms. The number of carbonyl (C=O) groups is 1. The van der Waals surface area contributed by atoms with E-state index in [9.17, 15) is 23.2 Å². The molecule has 0 aliphatic carbocycles. The van der Waals surface area contributed by atoms with Gasteiger partial charge in [0.2, 0.25) is 10.0 Å². The maximum Gasteiger partial charge on any atom is 0.407 e. The molecule has 11 nitrogen and oxygen atoms in total. The lowest BCUT2D eigenvalue weighted by Gasteiger charge is -2.31. The van der Waals surface area contributed by atoms with Gasteiger partial charge in [-0.15, -0.1) is 4.91 Å². The third-order valence-electron chi connectivity index (χ3n) is 6.85. The average molecular weight is 562 g/mol. The van der Waals surface area contributed by atoms with Crippen LogP contribution in [-0.4, -0.2) is 74.8 Å². The Labute approximate surface area is 228 Å². The van der Waals surface area contributed by atoms with E-state index >= 15 is 0 Å². The van der Waals surface area contributed by atoms with Gasteiger partial charge in [0.15, 0.2) is 6.29 Å². The van der Waals surface area contributed by atoms with Crippen LogP contribution in [0.5, 0.6) is 0 Å². The minimum absolute atomic E-state index is 0.0238. The van der Waals surface area contributed by atoms with Gasteiger partial charge in [0, 0.05) is 13.1 Å². The number of nitrogens with one attached hydrogen (secondary N) is 1. The first-order valence-corrected chi connectivity index (χ1v) is 14.5. The summed E-state index contributed by atoms with van der Waals surface area (Å²) in [7, 11) is -4.02. The molecule has 0 saturated carbocycles. The number of aliphatic hydroxyl groups excluding tert-OH is 1. The largest absolute Gasteiger partial charge is 0.443 e. The number of benzene rings is 2. The molecule has 0 aromatic heterocycles. The second kappa shape index (κ2) is 13.0. The van der Waals surface area contributed by atoms with Crippen LogP contribution in [0.3, 0.4) is 0 Å². The number of sulfonamides is 1. The number of rotatable bonds is 12. The van der Waals surface area contributed by atoms with E-state index in [-0.39, 0.29) is 54.8 Å². The average Bonchev–Trinajstić information content (AvgIpc) is 3.53. The Balaban J connectivity index is 1.51.